The molecule has 0 amide bonds. The number of hydrogen-bond donors (Lipinski definition) is 3. The highest BCUT2D eigenvalue weighted by Gasteiger charge is 2.30. The van der Waals surface area contributed by atoms with Crippen LogP contribution >= 0.6 is 15.6 Å². The Morgan fingerprint density at radius 3 is 0.760 bits per heavy atom. The first-order valence-corrected chi connectivity index (χ1v) is 45.0. The minimum absolute atomic E-state index is 0.103. The maximum Gasteiger partial charge on any atom is 0.472 e. The summed E-state index contributed by atoms with van der Waals surface area (Å²) in [5, 5.41) is 10.6. The number of esters is 4. The molecule has 100 heavy (non-hydrogen) atoms. The molecular weight excluding hydrogens is 1310 g/mol. The maximum atomic E-state index is 13.1. The predicted molar refractivity (Wildman–Crippen MR) is 409 cm³/mol. The summed E-state index contributed by atoms with van der Waals surface area (Å²) in [5.74, 6) is -0.572. The van der Waals surface area contributed by atoms with Crippen LogP contribution in [0.2, 0.25) is 0 Å². The first-order chi connectivity index (χ1) is 48.4. The molecule has 0 aromatic rings. The van der Waals surface area contributed by atoms with E-state index in [2.05, 4.69) is 41.5 Å². The lowest BCUT2D eigenvalue weighted by atomic mass is 10.00. The second-order valence-corrected chi connectivity index (χ2v) is 32.8. The third-order valence-electron chi connectivity index (χ3n) is 19.3. The van der Waals surface area contributed by atoms with E-state index in [4.69, 9.17) is 37.0 Å². The first kappa shape index (κ1) is 98.1. The number of carbonyl (C=O) groups excluding carboxylic acids is 4. The van der Waals surface area contributed by atoms with Crippen LogP contribution < -0.4 is 0 Å². The molecule has 0 bridgehead atoms. The van der Waals surface area contributed by atoms with Crippen molar-refractivity contribution in [3.8, 4) is 0 Å². The number of phosphoric ester groups is 2. The van der Waals surface area contributed by atoms with Crippen LogP contribution in [0.3, 0.4) is 0 Å². The van der Waals surface area contributed by atoms with Crippen LogP contribution in [0.25, 0.3) is 0 Å². The third-order valence-corrected chi connectivity index (χ3v) is 21.2. The molecule has 594 valence electrons. The van der Waals surface area contributed by atoms with Crippen LogP contribution in [0.1, 0.15) is 427 Å². The average molecular weight is 1470 g/mol. The van der Waals surface area contributed by atoms with E-state index in [1.165, 1.54) is 244 Å². The average Bonchev–Trinajstić information content (AvgIpc) is 0.924. The van der Waals surface area contributed by atoms with E-state index in [9.17, 15) is 43.2 Å². The number of aliphatic hydroxyl groups is 1. The van der Waals surface area contributed by atoms with Crippen molar-refractivity contribution in [1.29, 1.82) is 0 Å². The molecule has 0 aromatic carbocycles. The van der Waals surface area contributed by atoms with E-state index in [1.807, 2.05) is 0 Å². The lowest BCUT2D eigenvalue weighted by Gasteiger charge is -2.21. The van der Waals surface area contributed by atoms with Gasteiger partial charge in [0.2, 0.25) is 0 Å². The molecule has 6 atom stereocenters. The molecule has 0 spiro atoms. The molecule has 0 radical (unpaired) electrons. The van der Waals surface area contributed by atoms with Crippen LogP contribution in [0, 0.1) is 11.8 Å². The minimum Gasteiger partial charge on any atom is -0.462 e. The van der Waals surface area contributed by atoms with E-state index in [0.29, 0.717) is 25.7 Å². The van der Waals surface area contributed by atoms with E-state index in [1.54, 1.807) is 0 Å². The fraction of sp³-hybridized carbons (Fsp3) is 0.951. The lowest BCUT2D eigenvalue weighted by molar-refractivity contribution is -0.161. The third kappa shape index (κ3) is 73.0. The molecule has 0 aliphatic heterocycles. The molecule has 0 saturated carbocycles. The van der Waals surface area contributed by atoms with Crippen LogP contribution in [-0.2, 0) is 65.4 Å². The Morgan fingerprint density at radius 2 is 0.510 bits per heavy atom. The number of unbranched alkanes of at least 4 members (excludes halogenated alkanes) is 49. The summed E-state index contributed by atoms with van der Waals surface area (Å²) in [7, 11) is -9.92. The Labute approximate surface area is 613 Å². The summed E-state index contributed by atoms with van der Waals surface area (Å²) in [5.41, 5.74) is 0. The van der Waals surface area contributed by atoms with Crippen LogP contribution in [0.15, 0.2) is 0 Å². The highest BCUT2D eigenvalue weighted by Crippen LogP contribution is 2.45. The predicted octanol–water partition coefficient (Wildman–Crippen LogP) is 24.3. The molecule has 0 aliphatic carbocycles. The zero-order valence-electron chi connectivity index (χ0n) is 65.5. The molecule has 0 fully saturated rings. The Hall–Kier alpha value is -1.94. The van der Waals surface area contributed by atoms with Gasteiger partial charge in [-0.3, -0.25) is 37.3 Å². The van der Waals surface area contributed by atoms with Crippen molar-refractivity contribution in [3.63, 3.8) is 0 Å². The van der Waals surface area contributed by atoms with E-state index in [0.717, 1.165) is 102 Å². The molecule has 0 rings (SSSR count). The van der Waals surface area contributed by atoms with Gasteiger partial charge in [-0.2, -0.15) is 0 Å². The van der Waals surface area contributed by atoms with Crippen molar-refractivity contribution < 1.29 is 80.2 Å². The van der Waals surface area contributed by atoms with Crippen molar-refractivity contribution in [2.24, 2.45) is 11.8 Å². The Morgan fingerprint density at radius 1 is 0.290 bits per heavy atom. The largest absolute Gasteiger partial charge is 0.472 e. The van der Waals surface area contributed by atoms with Gasteiger partial charge < -0.3 is 33.8 Å². The number of hydrogen-bond acceptors (Lipinski definition) is 15. The van der Waals surface area contributed by atoms with Gasteiger partial charge >= 0.3 is 39.5 Å². The van der Waals surface area contributed by atoms with Gasteiger partial charge in [0.1, 0.15) is 19.3 Å². The number of ether oxygens (including phenoxy) is 4. The molecule has 0 saturated heterocycles. The summed E-state index contributed by atoms with van der Waals surface area (Å²) in [4.78, 5) is 72.9. The van der Waals surface area contributed by atoms with Gasteiger partial charge in [-0.15, -0.1) is 0 Å². The van der Waals surface area contributed by atoms with Gasteiger partial charge in [-0.05, 0) is 37.5 Å². The summed E-state index contributed by atoms with van der Waals surface area (Å²) < 4.78 is 68.6. The quantitative estimate of drug-likeness (QED) is 0.0222. The smallest absolute Gasteiger partial charge is 0.462 e. The SMILES string of the molecule is CCCCCCCCCCCCCCCCCCCCCC(=O)OC[C@H](COP(=O)(O)OC[C@@H](O)COP(=O)(O)OC[C@@H](COC(=O)CCCCCCCCCCCC)OC(=O)CCCCCCCCC(C)CC)OC(=O)CCCCCCCCCCCCCCCCCCCCC(C)C. The summed E-state index contributed by atoms with van der Waals surface area (Å²) in [6.45, 7) is 9.61. The Kier molecular flexibility index (Phi) is 71.2. The highest BCUT2D eigenvalue weighted by molar-refractivity contribution is 7.47. The second kappa shape index (κ2) is 72.6. The van der Waals surface area contributed by atoms with Gasteiger partial charge in [0.15, 0.2) is 12.2 Å². The number of aliphatic hydroxyl groups excluding tert-OH is 1. The van der Waals surface area contributed by atoms with Gasteiger partial charge in [0, 0.05) is 25.7 Å². The normalized spacial score (nSPS) is 14.2. The molecule has 0 heterocycles. The van der Waals surface area contributed by atoms with Gasteiger partial charge in [0.25, 0.3) is 0 Å². The molecule has 0 aliphatic rings. The van der Waals surface area contributed by atoms with Gasteiger partial charge in [-0.25, -0.2) is 9.13 Å². The Bertz CT molecular complexity index is 1930. The zero-order chi connectivity index (χ0) is 73.5. The van der Waals surface area contributed by atoms with Crippen LogP contribution in [0.4, 0.5) is 0 Å². The topological polar surface area (TPSA) is 237 Å². The number of carbonyl (C=O) groups is 4. The molecule has 3 unspecified atom stereocenters. The molecule has 0 aromatic heterocycles. The van der Waals surface area contributed by atoms with Gasteiger partial charge in [-0.1, -0.05) is 375 Å². The molecule has 17 nitrogen and oxygen atoms in total. The lowest BCUT2D eigenvalue weighted by Crippen LogP contribution is -2.30. The van der Waals surface area contributed by atoms with Crippen molar-refractivity contribution >= 4 is 39.5 Å². The summed E-state index contributed by atoms with van der Waals surface area (Å²) in [6, 6.07) is 0. The molecule has 3 N–H and O–H groups in total. The van der Waals surface area contributed by atoms with Crippen LogP contribution in [-0.4, -0.2) is 96.7 Å². The Balaban J connectivity index is 5.19. The number of rotatable bonds is 80. The molecule has 19 heteroatoms. The standard InChI is InChI=1S/C81H158O17P2/c1-7-10-12-14-16-18-20-21-22-23-24-28-31-34-37-41-45-52-58-64-79(84)91-69-76(97-80(85)65-59-53-46-42-38-35-32-29-26-25-27-30-33-36-39-43-49-55-61-73(4)5)71-95-99(87,88)93-67-75(82)68-94-100(89,90)96-72-77(98-81(86)66-60-54-48-47-50-56-62-74(6)9-3)70-92-78(83)63-57-51-44-40-19-17-15-13-11-8-2/h73-77,82H,7-72H2,1-6H3,(H,87,88)(H,89,90)/t74?,75-,76-,77-/m1/s1. The highest BCUT2D eigenvalue weighted by atomic mass is 31.2. The first-order valence-electron chi connectivity index (χ1n) is 42.0. The zero-order valence-corrected chi connectivity index (χ0v) is 67.3. The second-order valence-electron chi connectivity index (χ2n) is 29.9. The number of phosphoric acid groups is 2. The van der Waals surface area contributed by atoms with Crippen molar-refractivity contribution in [1.82, 2.24) is 0 Å². The van der Waals surface area contributed by atoms with Crippen molar-refractivity contribution in [2.45, 2.75) is 445 Å². The van der Waals surface area contributed by atoms with Gasteiger partial charge in [0.05, 0.1) is 26.4 Å². The fourth-order valence-corrected chi connectivity index (χ4v) is 14.1. The molecular formula is C81H158O17P2. The van der Waals surface area contributed by atoms with Crippen LogP contribution in [0.5, 0.6) is 0 Å². The van der Waals surface area contributed by atoms with Crippen molar-refractivity contribution in [3.05, 3.63) is 0 Å². The monoisotopic (exact) mass is 1470 g/mol. The maximum absolute atomic E-state index is 13.1. The van der Waals surface area contributed by atoms with E-state index >= 15 is 0 Å². The van der Waals surface area contributed by atoms with E-state index in [-0.39, 0.29) is 25.7 Å². The summed E-state index contributed by atoms with van der Waals surface area (Å²) >= 11 is 0. The minimum atomic E-state index is -4.96. The summed E-state index contributed by atoms with van der Waals surface area (Å²) in [6.07, 6.45) is 62.7. The van der Waals surface area contributed by atoms with E-state index < -0.39 is 97.5 Å². The van der Waals surface area contributed by atoms with Crippen molar-refractivity contribution in [2.75, 3.05) is 39.6 Å². The fourth-order valence-electron chi connectivity index (χ4n) is 12.5.